The first-order valence-corrected chi connectivity index (χ1v) is 7.42. The summed E-state index contributed by atoms with van der Waals surface area (Å²) in [6, 6.07) is 4.98. The van der Waals surface area contributed by atoms with Crippen molar-refractivity contribution in [1.82, 2.24) is 4.90 Å². The Kier molecular flexibility index (Phi) is 4.44. The van der Waals surface area contributed by atoms with Gasteiger partial charge in [0.1, 0.15) is 5.82 Å². The fourth-order valence-corrected chi connectivity index (χ4v) is 3.00. The molecule has 1 heterocycles. The molecule has 0 atom stereocenters. The van der Waals surface area contributed by atoms with E-state index in [1.807, 2.05) is 6.07 Å². The summed E-state index contributed by atoms with van der Waals surface area (Å²) in [5.41, 5.74) is 1.64. The van der Waals surface area contributed by atoms with Gasteiger partial charge >= 0.3 is 0 Å². The summed E-state index contributed by atoms with van der Waals surface area (Å²) in [5.74, 6) is -0.178. The second kappa shape index (κ2) is 5.70. The van der Waals surface area contributed by atoms with Crippen molar-refractivity contribution in [2.45, 2.75) is 39.7 Å². The zero-order valence-corrected chi connectivity index (χ0v) is 12.8. The van der Waals surface area contributed by atoms with E-state index in [4.69, 9.17) is 0 Å². The van der Waals surface area contributed by atoms with E-state index in [0.29, 0.717) is 5.41 Å². The maximum atomic E-state index is 13.0. The van der Waals surface area contributed by atoms with Crippen LogP contribution in [0, 0.1) is 11.2 Å². The zero-order chi connectivity index (χ0) is 13.2. The van der Waals surface area contributed by atoms with Gasteiger partial charge in [0, 0.05) is 11.0 Å². The molecule has 100 valence electrons. The fraction of sp³-hybridized carbons (Fsp3) is 0.600. The fourth-order valence-electron chi connectivity index (χ4n) is 2.53. The second-order valence-electron chi connectivity index (χ2n) is 6.03. The highest BCUT2D eigenvalue weighted by Crippen LogP contribution is 2.30. The SMILES string of the molecule is CC1(C)CCCN(Cc2ccc(F)cc2Br)CC1. The molecule has 1 aromatic rings. The van der Waals surface area contributed by atoms with Gasteiger partial charge in [-0.25, -0.2) is 4.39 Å². The van der Waals surface area contributed by atoms with E-state index in [-0.39, 0.29) is 5.82 Å². The van der Waals surface area contributed by atoms with Crippen LogP contribution >= 0.6 is 15.9 Å². The van der Waals surface area contributed by atoms with Crippen molar-refractivity contribution in [3.63, 3.8) is 0 Å². The average Bonchev–Trinajstić information content (AvgIpc) is 2.44. The third-order valence-electron chi connectivity index (χ3n) is 3.84. The maximum Gasteiger partial charge on any atom is 0.124 e. The van der Waals surface area contributed by atoms with Crippen LogP contribution in [0.2, 0.25) is 0 Å². The number of halogens is 2. The Morgan fingerprint density at radius 1 is 1.28 bits per heavy atom. The molecule has 1 fully saturated rings. The van der Waals surface area contributed by atoms with E-state index in [9.17, 15) is 4.39 Å². The lowest BCUT2D eigenvalue weighted by atomic mass is 9.85. The van der Waals surface area contributed by atoms with Gasteiger partial charge in [0.05, 0.1) is 0 Å². The third-order valence-corrected chi connectivity index (χ3v) is 4.58. The van der Waals surface area contributed by atoms with E-state index in [0.717, 1.165) is 24.1 Å². The Morgan fingerprint density at radius 3 is 2.78 bits per heavy atom. The van der Waals surface area contributed by atoms with Crippen LogP contribution in [0.5, 0.6) is 0 Å². The molecule has 0 unspecified atom stereocenters. The van der Waals surface area contributed by atoms with Gasteiger partial charge in [-0.1, -0.05) is 35.8 Å². The number of rotatable bonds is 2. The van der Waals surface area contributed by atoms with Crippen molar-refractivity contribution in [1.29, 1.82) is 0 Å². The number of hydrogen-bond acceptors (Lipinski definition) is 1. The first-order valence-electron chi connectivity index (χ1n) is 6.63. The Hall–Kier alpha value is -0.410. The van der Waals surface area contributed by atoms with Gasteiger partial charge in [0.15, 0.2) is 0 Å². The molecule has 0 spiro atoms. The lowest BCUT2D eigenvalue weighted by molar-refractivity contribution is 0.255. The van der Waals surface area contributed by atoms with Gasteiger partial charge in [0.2, 0.25) is 0 Å². The summed E-state index contributed by atoms with van der Waals surface area (Å²) in [7, 11) is 0. The van der Waals surface area contributed by atoms with Crippen LogP contribution in [0.4, 0.5) is 4.39 Å². The number of benzene rings is 1. The van der Waals surface area contributed by atoms with E-state index < -0.39 is 0 Å². The molecule has 3 heteroatoms. The van der Waals surface area contributed by atoms with E-state index in [1.165, 1.54) is 24.8 Å². The predicted octanol–water partition coefficient (Wildman–Crippen LogP) is 4.60. The zero-order valence-electron chi connectivity index (χ0n) is 11.2. The van der Waals surface area contributed by atoms with Gasteiger partial charge in [-0.05, 0) is 55.5 Å². The molecular weight excluding hydrogens is 293 g/mol. The molecule has 0 aromatic heterocycles. The van der Waals surface area contributed by atoms with Crippen molar-refractivity contribution in [3.05, 3.63) is 34.1 Å². The minimum atomic E-state index is -0.178. The summed E-state index contributed by atoms with van der Waals surface area (Å²) in [6.45, 7) is 7.90. The molecule has 0 bridgehead atoms. The third kappa shape index (κ3) is 3.79. The van der Waals surface area contributed by atoms with E-state index >= 15 is 0 Å². The van der Waals surface area contributed by atoms with Crippen LogP contribution in [0.1, 0.15) is 38.7 Å². The lowest BCUT2D eigenvalue weighted by Gasteiger charge is -2.23. The Morgan fingerprint density at radius 2 is 2.06 bits per heavy atom. The second-order valence-corrected chi connectivity index (χ2v) is 6.88. The molecule has 1 saturated heterocycles. The van der Waals surface area contributed by atoms with Crippen molar-refractivity contribution in [2.24, 2.45) is 5.41 Å². The minimum Gasteiger partial charge on any atom is -0.299 e. The molecule has 18 heavy (non-hydrogen) atoms. The van der Waals surface area contributed by atoms with Gasteiger partial charge in [-0.3, -0.25) is 4.90 Å². The first-order chi connectivity index (χ1) is 8.46. The Bertz CT molecular complexity index is 417. The minimum absolute atomic E-state index is 0.178. The van der Waals surface area contributed by atoms with Gasteiger partial charge in [0.25, 0.3) is 0 Å². The van der Waals surface area contributed by atoms with Crippen LogP contribution in [0.15, 0.2) is 22.7 Å². The summed E-state index contributed by atoms with van der Waals surface area (Å²) >= 11 is 3.45. The molecule has 1 aliphatic heterocycles. The quantitative estimate of drug-likeness (QED) is 0.771. The summed E-state index contributed by atoms with van der Waals surface area (Å²) < 4.78 is 13.9. The normalized spacial score (nSPS) is 20.7. The molecule has 0 N–H and O–H groups in total. The molecule has 0 amide bonds. The molecule has 0 radical (unpaired) electrons. The summed E-state index contributed by atoms with van der Waals surface area (Å²) in [4.78, 5) is 2.48. The number of likely N-dealkylation sites (tertiary alicyclic amines) is 1. The number of hydrogen-bond donors (Lipinski definition) is 0. The predicted molar refractivity (Wildman–Crippen MR) is 77.0 cm³/mol. The monoisotopic (exact) mass is 313 g/mol. The molecule has 1 nitrogen and oxygen atoms in total. The Balaban J connectivity index is 2.01. The molecule has 2 rings (SSSR count). The molecule has 1 aliphatic rings. The number of nitrogens with zero attached hydrogens (tertiary/aromatic N) is 1. The molecule has 1 aromatic carbocycles. The highest BCUT2D eigenvalue weighted by molar-refractivity contribution is 9.10. The average molecular weight is 314 g/mol. The van der Waals surface area contributed by atoms with Crippen LogP contribution in [-0.2, 0) is 6.54 Å². The van der Waals surface area contributed by atoms with Crippen molar-refractivity contribution in [3.8, 4) is 0 Å². The maximum absolute atomic E-state index is 13.0. The van der Waals surface area contributed by atoms with Gasteiger partial charge in [-0.2, -0.15) is 0 Å². The largest absolute Gasteiger partial charge is 0.299 e. The Labute approximate surface area is 118 Å². The molecule has 0 aliphatic carbocycles. The van der Waals surface area contributed by atoms with Crippen molar-refractivity contribution in [2.75, 3.05) is 13.1 Å². The van der Waals surface area contributed by atoms with Gasteiger partial charge < -0.3 is 0 Å². The van der Waals surface area contributed by atoms with Crippen LogP contribution in [-0.4, -0.2) is 18.0 Å². The summed E-state index contributed by atoms with van der Waals surface area (Å²) in [6.07, 6.45) is 3.80. The summed E-state index contributed by atoms with van der Waals surface area (Å²) in [5, 5.41) is 0. The smallest absolute Gasteiger partial charge is 0.124 e. The first kappa shape index (κ1) is 14.0. The van der Waals surface area contributed by atoms with Crippen LogP contribution < -0.4 is 0 Å². The van der Waals surface area contributed by atoms with Crippen molar-refractivity contribution >= 4 is 15.9 Å². The van der Waals surface area contributed by atoms with Crippen LogP contribution in [0.25, 0.3) is 0 Å². The molecular formula is C15H21BrFN. The van der Waals surface area contributed by atoms with Gasteiger partial charge in [-0.15, -0.1) is 0 Å². The highest BCUT2D eigenvalue weighted by atomic mass is 79.9. The van der Waals surface area contributed by atoms with Crippen LogP contribution in [0.3, 0.4) is 0 Å². The van der Waals surface area contributed by atoms with E-state index in [2.05, 4.69) is 34.7 Å². The topological polar surface area (TPSA) is 3.24 Å². The standard InChI is InChI=1S/C15H21BrFN/c1-15(2)6-3-8-18(9-7-15)11-12-4-5-13(17)10-14(12)16/h4-5,10H,3,6-9,11H2,1-2H3. The highest BCUT2D eigenvalue weighted by Gasteiger charge is 2.23. The van der Waals surface area contributed by atoms with E-state index in [1.54, 1.807) is 12.1 Å². The lowest BCUT2D eigenvalue weighted by Crippen LogP contribution is -2.25. The molecule has 0 saturated carbocycles. The van der Waals surface area contributed by atoms with Crippen molar-refractivity contribution < 1.29 is 4.39 Å².